The van der Waals surface area contributed by atoms with Gasteiger partial charge in [0.1, 0.15) is 17.8 Å². The molecule has 0 radical (unpaired) electrons. The van der Waals surface area contributed by atoms with E-state index in [1.54, 1.807) is 0 Å². The molecule has 0 bridgehead atoms. The molecule has 1 atom stereocenters. The second-order valence-electron chi connectivity index (χ2n) is 4.22. The molecule has 0 saturated carbocycles. The van der Waals surface area contributed by atoms with E-state index in [0.29, 0.717) is 5.70 Å². The Kier molecular flexibility index (Phi) is 3.09. The first kappa shape index (κ1) is 10.3. The highest BCUT2D eigenvalue weighted by Crippen LogP contribution is 2.04. The van der Waals surface area contributed by atoms with Crippen LogP contribution in [0.25, 0.3) is 0 Å². The molecule has 1 unspecified atom stereocenters. The zero-order valence-corrected chi connectivity index (χ0v) is 8.40. The van der Waals surface area contributed by atoms with E-state index in [4.69, 9.17) is 0 Å². The van der Waals surface area contributed by atoms with Crippen LogP contribution in [-0.4, -0.2) is 30.7 Å². The Labute approximate surface area is 78.8 Å². The molecule has 0 aromatic heterocycles. The average molecular weight is 183 g/mol. The standard InChI is InChI=1S/C9H17N3O/c1-9(2,3)12-8-7(6-13)10-4-5-11-8/h8,10-12H,4-5H2,1-3H3. The first-order valence-electron chi connectivity index (χ1n) is 4.53. The molecular formula is C9H17N3O. The molecule has 13 heavy (non-hydrogen) atoms. The van der Waals surface area contributed by atoms with Crippen molar-refractivity contribution in [1.29, 1.82) is 0 Å². The number of rotatable bonds is 1. The van der Waals surface area contributed by atoms with Crippen LogP contribution in [0.5, 0.6) is 0 Å². The SMILES string of the molecule is CC(C)(C)NC1NCCNC1=C=O. The van der Waals surface area contributed by atoms with E-state index in [2.05, 4.69) is 36.7 Å². The van der Waals surface area contributed by atoms with Gasteiger partial charge in [-0.2, -0.15) is 0 Å². The first-order valence-corrected chi connectivity index (χ1v) is 4.53. The van der Waals surface area contributed by atoms with E-state index >= 15 is 0 Å². The van der Waals surface area contributed by atoms with E-state index in [1.807, 2.05) is 5.94 Å². The third-order valence-electron chi connectivity index (χ3n) is 1.76. The van der Waals surface area contributed by atoms with Crippen molar-refractivity contribution >= 4 is 5.94 Å². The predicted octanol–water partition coefficient (Wildman–Crippen LogP) is -0.391. The van der Waals surface area contributed by atoms with Gasteiger partial charge in [0.15, 0.2) is 0 Å². The van der Waals surface area contributed by atoms with Crippen molar-refractivity contribution in [3.8, 4) is 0 Å². The molecule has 0 spiro atoms. The minimum Gasteiger partial charge on any atom is -0.376 e. The zero-order valence-electron chi connectivity index (χ0n) is 8.40. The van der Waals surface area contributed by atoms with Gasteiger partial charge in [-0.15, -0.1) is 0 Å². The van der Waals surface area contributed by atoms with E-state index in [0.717, 1.165) is 13.1 Å². The van der Waals surface area contributed by atoms with Gasteiger partial charge >= 0.3 is 0 Å². The number of nitrogens with one attached hydrogen (secondary N) is 3. The molecule has 3 N–H and O–H groups in total. The average Bonchev–Trinajstić information content (AvgIpc) is 2.02. The van der Waals surface area contributed by atoms with Gasteiger partial charge in [0.25, 0.3) is 0 Å². The van der Waals surface area contributed by atoms with Crippen LogP contribution < -0.4 is 16.0 Å². The van der Waals surface area contributed by atoms with Crippen molar-refractivity contribution in [1.82, 2.24) is 16.0 Å². The summed E-state index contributed by atoms with van der Waals surface area (Å²) >= 11 is 0. The molecule has 1 rings (SSSR count). The van der Waals surface area contributed by atoms with Crippen LogP contribution in [0.15, 0.2) is 5.70 Å². The molecule has 4 nitrogen and oxygen atoms in total. The van der Waals surface area contributed by atoms with Crippen molar-refractivity contribution in [3.05, 3.63) is 5.70 Å². The summed E-state index contributed by atoms with van der Waals surface area (Å²) in [5.74, 6) is 1.91. The Bertz CT molecular complexity index is 226. The van der Waals surface area contributed by atoms with Crippen LogP contribution in [0.3, 0.4) is 0 Å². The zero-order chi connectivity index (χ0) is 9.90. The van der Waals surface area contributed by atoms with Crippen molar-refractivity contribution in [2.75, 3.05) is 13.1 Å². The minimum atomic E-state index is -0.0914. The molecule has 74 valence electrons. The fraction of sp³-hybridized carbons (Fsp3) is 0.778. The maximum absolute atomic E-state index is 10.6. The molecular weight excluding hydrogens is 166 g/mol. The highest BCUT2D eigenvalue weighted by atomic mass is 16.1. The van der Waals surface area contributed by atoms with Crippen molar-refractivity contribution in [3.63, 3.8) is 0 Å². The van der Waals surface area contributed by atoms with Gasteiger partial charge in [0, 0.05) is 18.6 Å². The summed E-state index contributed by atoms with van der Waals surface area (Å²) in [6.07, 6.45) is -0.0914. The van der Waals surface area contributed by atoms with Crippen LogP contribution in [0, 0.1) is 0 Å². The van der Waals surface area contributed by atoms with Gasteiger partial charge in [0.2, 0.25) is 0 Å². The van der Waals surface area contributed by atoms with Gasteiger partial charge in [-0.1, -0.05) is 0 Å². The molecule has 0 aromatic rings. The number of hydrogen-bond acceptors (Lipinski definition) is 4. The quantitative estimate of drug-likeness (QED) is 0.485. The molecule has 1 aliphatic heterocycles. The highest BCUT2D eigenvalue weighted by molar-refractivity contribution is 5.53. The Hall–Kier alpha value is -0.830. The van der Waals surface area contributed by atoms with Crippen LogP contribution in [0.1, 0.15) is 20.8 Å². The lowest BCUT2D eigenvalue weighted by atomic mass is 10.1. The molecule has 0 amide bonds. The van der Waals surface area contributed by atoms with Gasteiger partial charge in [-0.25, -0.2) is 4.79 Å². The number of carbonyl (C=O) groups excluding carboxylic acids is 1. The molecule has 4 heteroatoms. The largest absolute Gasteiger partial charge is 0.376 e. The minimum absolute atomic E-state index is 0.0151. The fourth-order valence-corrected chi connectivity index (χ4v) is 1.27. The van der Waals surface area contributed by atoms with Gasteiger partial charge in [-0.05, 0) is 20.8 Å². The Morgan fingerprint density at radius 3 is 2.69 bits per heavy atom. The smallest absolute Gasteiger partial charge is 0.148 e. The van der Waals surface area contributed by atoms with Crippen molar-refractivity contribution < 1.29 is 4.79 Å². The topological polar surface area (TPSA) is 53.2 Å². The monoisotopic (exact) mass is 183 g/mol. The maximum Gasteiger partial charge on any atom is 0.148 e. The summed E-state index contributed by atoms with van der Waals surface area (Å²) in [6.45, 7) is 7.83. The number of hydrogen-bond donors (Lipinski definition) is 3. The first-order chi connectivity index (χ1) is 6.03. The summed E-state index contributed by atoms with van der Waals surface area (Å²) in [5, 5.41) is 9.50. The maximum atomic E-state index is 10.6. The van der Waals surface area contributed by atoms with E-state index in [-0.39, 0.29) is 11.7 Å². The molecule has 0 aliphatic carbocycles. The summed E-state index contributed by atoms with van der Waals surface area (Å²) < 4.78 is 0. The van der Waals surface area contributed by atoms with Crippen LogP contribution in [0.2, 0.25) is 0 Å². The van der Waals surface area contributed by atoms with Crippen LogP contribution >= 0.6 is 0 Å². The van der Waals surface area contributed by atoms with Gasteiger partial charge in [-0.3, -0.25) is 10.6 Å². The van der Waals surface area contributed by atoms with Crippen molar-refractivity contribution in [2.45, 2.75) is 32.5 Å². The Morgan fingerprint density at radius 1 is 1.46 bits per heavy atom. The Morgan fingerprint density at radius 2 is 2.15 bits per heavy atom. The lowest BCUT2D eigenvalue weighted by Gasteiger charge is -2.32. The number of piperazine rings is 1. The highest BCUT2D eigenvalue weighted by Gasteiger charge is 2.23. The fourth-order valence-electron chi connectivity index (χ4n) is 1.27. The third kappa shape index (κ3) is 3.19. The third-order valence-corrected chi connectivity index (χ3v) is 1.76. The predicted molar refractivity (Wildman–Crippen MR) is 51.9 cm³/mol. The molecule has 1 heterocycles. The Balaban J connectivity index is 2.61. The molecule has 1 saturated heterocycles. The molecule has 1 aliphatic rings. The lowest BCUT2D eigenvalue weighted by Crippen LogP contribution is -2.58. The van der Waals surface area contributed by atoms with Crippen molar-refractivity contribution in [2.24, 2.45) is 0 Å². The van der Waals surface area contributed by atoms with E-state index in [9.17, 15) is 4.79 Å². The van der Waals surface area contributed by atoms with E-state index in [1.165, 1.54) is 0 Å². The summed E-state index contributed by atoms with van der Waals surface area (Å²) in [7, 11) is 0. The normalized spacial score (nSPS) is 23.6. The van der Waals surface area contributed by atoms with Crippen LogP contribution in [0.4, 0.5) is 0 Å². The van der Waals surface area contributed by atoms with Gasteiger partial charge < -0.3 is 5.32 Å². The second kappa shape index (κ2) is 3.92. The van der Waals surface area contributed by atoms with Crippen LogP contribution in [-0.2, 0) is 4.79 Å². The summed E-state index contributed by atoms with van der Waals surface area (Å²) in [6, 6.07) is 0. The molecule has 0 aromatic carbocycles. The summed E-state index contributed by atoms with van der Waals surface area (Å²) in [4.78, 5) is 10.6. The second-order valence-corrected chi connectivity index (χ2v) is 4.22. The lowest BCUT2D eigenvalue weighted by molar-refractivity contribution is 0.320. The molecule has 1 fully saturated rings. The summed E-state index contributed by atoms with van der Waals surface area (Å²) in [5.41, 5.74) is 0.555. The van der Waals surface area contributed by atoms with E-state index < -0.39 is 0 Å². The van der Waals surface area contributed by atoms with Gasteiger partial charge in [0.05, 0.1) is 0 Å².